The van der Waals surface area contributed by atoms with Crippen molar-refractivity contribution in [2.45, 2.75) is 58.5 Å². The first-order chi connectivity index (χ1) is 9.81. The largest absolute Gasteiger partial charge is 0.469 e. The van der Waals surface area contributed by atoms with Crippen LogP contribution < -0.4 is 0 Å². The van der Waals surface area contributed by atoms with Crippen molar-refractivity contribution in [2.24, 2.45) is 5.92 Å². The van der Waals surface area contributed by atoms with Gasteiger partial charge in [0, 0.05) is 0 Å². The SMILES string of the molecule is CCCCC(C(=O)OC)C(O)c1ccc(C(C)(C)C)cc1. The lowest BCUT2D eigenvalue weighted by Gasteiger charge is -2.23. The molecule has 21 heavy (non-hydrogen) atoms. The van der Waals surface area contributed by atoms with Crippen LogP contribution in [-0.2, 0) is 14.9 Å². The van der Waals surface area contributed by atoms with Crippen molar-refractivity contribution in [2.75, 3.05) is 7.11 Å². The molecule has 0 aliphatic heterocycles. The Balaban J connectivity index is 2.92. The highest BCUT2D eigenvalue weighted by molar-refractivity contribution is 5.73. The molecule has 0 fully saturated rings. The van der Waals surface area contributed by atoms with Gasteiger partial charge in [0.15, 0.2) is 0 Å². The standard InChI is InChI=1S/C18H28O3/c1-6-7-8-15(17(20)21-5)16(19)13-9-11-14(12-10-13)18(2,3)4/h9-12,15-16,19H,6-8H2,1-5H3. The second-order valence-corrected chi connectivity index (χ2v) is 6.59. The highest BCUT2D eigenvalue weighted by atomic mass is 16.5. The minimum absolute atomic E-state index is 0.0768. The summed E-state index contributed by atoms with van der Waals surface area (Å²) in [6, 6.07) is 7.86. The predicted octanol–water partition coefficient (Wildman–Crippen LogP) is 4.00. The van der Waals surface area contributed by atoms with Crippen molar-refractivity contribution in [3.8, 4) is 0 Å². The van der Waals surface area contributed by atoms with Gasteiger partial charge in [-0.2, -0.15) is 0 Å². The minimum Gasteiger partial charge on any atom is -0.469 e. The Morgan fingerprint density at radius 2 is 1.81 bits per heavy atom. The van der Waals surface area contributed by atoms with E-state index in [0.29, 0.717) is 6.42 Å². The van der Waals surface area contributed by atoms with E-state index in [4.69, 9.17) is 4.74 Å². The number of methoxy groups -OCH3 is 1. The van der Waals surface area contributed by atoms with Gasteiger partial charge in [-0.3, -0.25) is 4.79 Å². The zero-order chi connectivity index (χ0) is 16.0. The Kier molecular flexibility index (Phi) is 6.41. The van der Waals surface area contributed by atoms with Crippen LogP contribution in [0.2, 0.25) is 0 Å². The summed E-state index contributed by atoms with van der Waals surface area (Å²) in [7, 11) is 1.37. The summed E-state index contributed by atoms with van der Waals surface area (Å²) in [6.07, 6.45) is 1.73. The van der Waals surface area contributed by atoms with Crippen molar-refractivity contribution in [1.82, 2.24) is 0 Å². The lowest BCUT2D eigenvalue weighted by molar-refractivity contribution is -0.150. The number of carbonyl (C=O) groups is 1. The van der Waals surface area contributed by atoms with Crippen LogP contribution >= 0.6 is 0 Å². The quantitative estimate of drug-likeness (QED) is 0.806. The summed E-state index contributed by atoms with van der Waals surface area (Å²) < 4.78 is 4.83. The zero-order valence-electron chi connectivity index (χ0n) is 13.8. The molecule has 0 aliphatic rings. The Bertz CT molecular complexity index is 443. The average molecular weight is 292 g/mol. The van der Waals surface area contributed by atoms with E-state index in [1.54, 1.807) is 0 Å². The van der Waals surface area contributed by atoms with Crippen LogP contribution in [0, 0.1) is 5.92 Å². The topological polar surface area (TPSA) is 46.5 Å². The van der Waals surface area contributed by atoms with E-state index in [2.05, 4.69) is 27.7 Å². The molecule has 1 aromatic rings. The summed E-state index contributed by atoms with van der Waals surface area (Å²) in [6.45, 7) is 8.52. The molecule has 3 nitrogen and oxygen atoms in total. The van der Waals surface area contributed by atoms with Gasteiger partial charge in [0.25, 0.3) is 0 Å². The van der Waals surface area contributed by atoms with E-state index in [-0.39, 0.29) is 11.4 Å². The summed E-state index contributed by atoms with van der Waals surface area (Å²) in [5.41, 5.74) is 2.06. The molecule has 0 saturated carbocycles. The highest BCUT2D eigenvalue weighted by Crippen LogP contribution is 2.29. The third-order valence-electron chi connectivity index (χ3n) is 3.87. The van der Waals surface area contributed by atoms with Crippen LogP contribution in [-0.4, -0.2) is 18.2 Å². The van der Waals surface area contributed by atoms with Crippen molar-refractivity contribution in [3.05, 3.63) is 35.4 Å². The second kappa shape index (κ2) is 7.60. The first kappa shape index (κ1) is 17.7. The van der Waals surface area contributed by atoms with Crippen LogP contribution in [0.5, 0.6) is 0 Å². The first-order valence-corrected chi connectivity index (χ1v) is 7.67. The molecule has 1 aromatic carbocycles. The fraction of sp³-hybridized carbons (Fsp3) is 0.611. The third-order valence-corrected chi connectivity index (χ3v) is 3.87. The number of unbranched alkanes of at least 4 members (excludes halogenated alkanes) is 1. The highest BCUT2D eigenvalue weighted by Gasteiger charge is 2.28. The lowest BCUT2D eigenvalue weighted by Crippen LogP contribution is -2.24. The third kappa shape index (κ3) is 4.85. The molecule has 2 unspecified atom stereocenters. The van der Waals surface area contributed by atoms with Crippen LogP contribution in [0.1, 0.15) is 64.2 Å². The maximum Gasteiger partial charge on any atom is 0.311 e. The summed E-state index contributed by atoms with van der Waals surface area (Å²) >= 11 is 0. The first-order valence-electron chi connectivity index (χ1n) is 7.67. The van der Waals surface area contributed by atoms with Crippen molar-refractivity contribution in [1.29, 1.82) is 0 Å². The lowest BCUT2D eigenvalue weighted by atomic mass is 9.85. The number of hydrogen-bond donors (Lipinski definition) is 1. The van der Waals surface area contributed by atoms with E-state index in [1.165, 1.54) is 12.7 Å². The van der Waals surface area contributed by atoms with Gasteiger partial charge in [-0.25, -0.2) is 0 Å². The predicted molar refractivity (Wildman–Crippen MR) is 85.1 cm³/mol. The molecule has 0 heterocycles. The van der Waals surface area contributed by atoms with Gasteiger partial charge < -0.3 is 9.84 Å². The summed E-state index contributed by atoms with van der Waals surface area (Å²) in [5.74, 6) is -0.828. The van der Waals surface area contributed by atoms with Gasteiger partial charge in [-0.05, 0) is 23.0 Å². The van der Waals surface area contributed by atoms with Crippen molar-refractivity contribution >= 4 is 5.97 Å². The van der Waals surface area contributed by atoms with Crippen LogP contribution in [0.3, 0.4) is 0 Å². The monoisotopic (exact) mass is 292 g/mol. The maximum atomic E-state index is 11.9. The van der Waals surface area contributed by atoms with Crippen LogP contribution in [0.4, 0.5) is 0 Å². The number of hydrogen-bond acceptors (Lipinski definition) is 3. The average Bonchev–Trinajstić information content (AvgIpc) is 2.46. The van der Waals surface area contributed by atoms with Gasteiger partial charge in [0.2, 0.25) is 0 Å². The molecule has 1 N–H and O–H groups in total. The number of aliphatic hydroxyl groups excluding tert-OH is 1. The van der Waals surface area contributed by atoms with Gasteiger partial charge in [-0.1, -0.05) is 64.8 Å². The molecule has 0 aromatic heterocycles. The number of aliphatic hydroxyl groups is 1. The molecule has 0 radical (unpaired) electrons. The van der Waals surface area contributed by atoms with E-state index in [9.17, 15) is 9.90 Å². The molecule has 1 rings (SSSR count). The van der Waals surface area contributed by atoms with E-state index in [0.717, 1.165) is 18.4 Å². The van der Waals surface area contributed by atoms with Crippen LogP contribution in [0.25, 0.3) is 0 Å². The Labute approximate surface area is 128 Å². The molecule has 118 valence electrons. The molecule has 3 heteroatoms. The Morgan fingerprint density at radius 3 is 2.24 bits per heavy atom. The molecule has 0 bridgehead atoms. The summed E-state index contributed by atoms with van der Waals surface area (Å²) in [4.78, 5) is 11.9. The van der Waals surface area contributed by atoms with Crippen LogP contribution in [0.15, 0.2) is 24.3 Å². The zero-order valence-corrected chi connectivity index (χ0v) is 13.8. The fourth-order valence-electron chi connectivity index (χ4n) is 2.39. The second-order valence-electron chi connectivity index (χ2n) is 6.59. The Morgan fingerprint density at radius 1 is 1.24 bits per heavy atom. The molecule has 2 atom stereocenters. The fourth-order valence-corrected chi connectivity index (χ4v) is 2.39. The maximum absolute atomic E-state index is 11.9. The molecule has 0 spiro atoms. The Hall–Kier alpha value is -1.35. The van der Waals surface area contributed by atoms with Gasteiger partial charge in [0.05, 0.1) is 19.1 Å². The number of esters is 1. The molecular formula is C18H28O3. The van der Waals surface area contributed by atoms with E-state index < -0.39 is 12.0 Å². The molecule has 0 saturated heterocycles. The number of ether oxygens (including phenoxy) is 1. The minimum atomic E-state index is -0.807. The number of carbonyl (C=O) groups excluding carboxylic acids is 1. The van der Waals surface area contributed by atoms with Crippen molar-refractivity contribution in [3.63, 3.8) is 0 Å². The number of rotatable bonds is 6. The van der Waals surface area contributed by atoms with E-state index >= 15 is 0 Å². The van der Waals surface area contributed by atoms with E-state index in [1.807, 2.05) is 24.3 Å². The van der Waals surface area contributed by atoms with Crippen molar-refractivity contribution < 1.29 is 14.6 Å². The van der Waals surface area contributed by atoms with Gasteiger partial charge in [0.1, 0.15) is 0 Å². The molecule has 0 aliphatic carbocycles. The molecular weight excluding hydrogens is 264 g/mol. The summed E-state index contributed by atoms with van der Waals surface area (Å²) in [5, 5.41) is 10.5. The van der Waals surface area contributed by atoms with Gasteiger partial charge >= 0.3 is 5.97 Å². The smallest absolute Gasteiger partial charge is 0.311 e. The number of benzene rings is 1. The molecule has 0 amide bonds. The normalized spacial score (nSPS) is 14.6. The van der Waals surface area contributed by atoms with Gasteiger partial charge in [-0.15, -0.1) is 0 Å².